The summed E-state index contributed by atoms with van der Waals surface area (Å²) in [6.45, 7) is 3.51. The number of nitrogens with one attached hydrogen (secondary N) is 1. The van der Waals surface area contributed by atoms with Crippen LogP contribution in [0.5, 0.6) is 0 Å². The summed E-state index contributed by atoms with van der Waals surface area (Å²) in [6.07, 6.45) is 1.60. The van der Waals surface area contributed by atoms with E-state index < -0.39 is 10.0 Å². The molecule has 0 aliphatic heterocycles. The van der Waals surface area contributed by atoms with Crippen molar-refractivity contribution in [2.45, 2.75) is 18.7 Å². The Morgan fingerprint density at radius 1 is 1.37 bits per heavy atom. The average molecular weight is 318 g/mol. The van der Waals surface area contributed by atoms with E-state index in [4.69, 9.17) is 17.3 Å². The summed E-state index contributed by atoms with van der Waals surface area (Å²) in [7, 11) is -3.71. The molecule has 0 saturated carbocycles. The lowest BCUT2D eigenvalue weighted by Crippen LogP contribution is -2.14. The first kappa shape index (κ1) is 14.1. The number of hydrogen-bond acceptors (Lipinski definition) is 5. The van der Waals surface area contributed by atoms with Crippen LogP contribution in [0.1, 0.15) is 10.4 Å². The number of nitrogens with zero attached hydrogens (tertiary/aromatic N) is 1. The van der Waals surface area contributed by atoms with Crippen molar-refractivity contribution < 1.29 is 8.42 Å². The fourth-order valence-corrected chi connectivity index (χ4v) is 3.92. The number of aryl methyl sites for hydroxylation is 2. The fourth-order valence-electron chi connectivity index (χ4n) is 1.53. The van der Waals surface area contributed by atoms with Crippen LogP contribution >= 0.6 is 22.9 Å². The lowest BCUT2D eigenvalue weighted by molar-refractivity contribution is 0.600. The van der Waals surface area contributed by atoms with Crippen molar-refractivity contribution in [2.24, 2.45) is 0 Å². The molecule has 3 N–H and O–H groups in total. The van der Waals surface area contributed by atoms with E-state index in [9.17, 15) is 8.42 Å². The van der Waals surface area contributed by atoms with Crippen molar-refractivity contribution >= 4 is 43.8 Å². The third kappa shape index (κ3) is 2.99. The lowest BCUT2D eigenvalue weighted by Gasteiger charge is -2.10. The highest BCUT2D eigenvalue weighted by atomic mass is 35.5. The highest BCUT2D eigenvalue weighted by Gasteiger charge is 2.19. The molecule has 0 spiro atoms. The van der Waals surface area contributed by atoms with E-state index in [0.717, 1.165) is 4.88 Å². The Bertz CT molecular complexity index is 726. The van der Waals surface area contributed by atoms with Crippen LogP contribution in [-0.4, -0.2) is 13.4 Å². The summed E-state index contributed by atoms with van der Waals surface area (Å²) in [5, 5.41) is 0.659. The van der Waals surface area contributed by atoms with E-state index in [1.54, 1.807) is 13.1 Å². The Kier molecular flexibility index (Phi) is 3.71. The lowest BCUT2D eigenvalue weighted by atomic mass is 10.2. The van der Waals surface area contributed by atoms with Crippen LogP contribution in [0.4, 0.5) is 10.8 Å². The van der Waals surface area contributed by atoms with Gasteiger partial charge >= 0.3 is 0 Å². The van der Waals surface area contributed by atoms with Gasteiger partial charge in [-0.3, -0.25) is 4.72 Å². The van der Waals surface area contributed by atoms with Crippen molar-refractivity contribution in [1.29, 1.82) is 0 Å². The number of anilines is 2. The van der Waals surface area contributed by atoms with Gasteiger partial charge < -0.3 is 5.73 Å². The Labute approximate surface area is 120 Å². The van der Waals surface area contributed by atoms with E-state index >= 15 is 0 Å². The Hall–Kier alpha value is -1.31. The van der Waals surface area contributed by atoms with Gasteiger partial charge in [-0.25, -0.2) is 13.4 Å². The minimum Gasteiger partial charge on any atom is -0.397 e. The highest BCUT2D eigenvalue weighted by molar-refractivity contribution is 7.93. The SMILES string of the molecule is Cc1cnc(NS(=O)(=O)c2cc(N)c(Cl)cc2C)s1. The number of benzene rings is 1. The van der Waals surface area contributed by atoms with Crippen LogP contribution in [-0.2, 0) is 10.0 Å². The summed E-state index contributed by atoms with van der Waals surface area (Å²) in [5.41, 5.74) is 6.40. The summed E-state index contributed by atoms with van der Waals surface area (Å²) >= 11 is 7.11. The molecule has 0 atom stereocenters. The van der Waals surface area contributed by atoms with Crippen LogP contribution in [0.15, 0.2) is 23.2 Å². The van der Waals surface area contributed by atoms with E-state index in [0.29, 0.717) is 15.7 Å². The maximum absolute atomic E-state index is 12.3. The van der Waals surface area contributed by atoms with Gasteiger partial charge in [0.1, 0.15) is 0 Å². The molecular formula is C11H12ClN3O2S2. The molecule has 19 heavy (non-hydrogen) atoms. The van der Waals surface area contributed by atoms with Gasteiger partial charge in [-0.1, -0.05) is 11.6 Å². The van der Waals surface area contributed by atoms with E-state index in [2.05, 4.69) is 9.71 Å². The first-order chi connectivity index (χ1) is 8.79. The molecule has 1 aromatic carbocycles. The number of thiazole rings is 1. The van der Waals surface area contributed by atoms with Gasteiger partial charge in [0.2, 0.25) is 0 Å². The third-order valence-electron chi connectivity index (χ3n) is 2.43. The maximum atomic E-state index is 12.3. The van der Waals surface area contributed by atoms with Gasteiger partial charge in [0, 0.05) is 11.1 Å². The van der Waals surface area contributed by atoms with Gasteiger partial charge in [-0.05, 0) is 31.5 Å². The minimum atomic E-state index is -3.71. The monoisotopic (exact) mass is 317 g/mol. The van der Waals surface area contributed by atoms with Gasteiger partial charge in [-0.2, -0.15) is 0 Å². The number of nitrogen functional groups attached to an aromatic ring is 1. The predicted molar refractivity (Wildman–Crippen MR) is 78.3 cm³/mol. The molecule has 5 nitrogen and oxygen atoms in total. The standard InChI is InChI=1S/C11H12ClN3O2S2/c1-6-3-8(12)9(13)4-10(6)19(16,17)15-11-14-5-7(2)18-11/h3-5H,13H2,1-2H3,(H,14,15). The summed E-state index contributed by atoms with van der Waals surface area (Å²) < 4.78 is 26.9. The first-order valence-electron chi connectivity index (χ1n) is 5.30. The van der Waals surface area contributed by atoms with Crippen molar-refractivity contribution in [1.82, 2.24) is 4.98 Å². The van der Waals surface area contributed by atoms with Crippen LogP contribution in [0.25, 0.3) is 0 Å². The minimum absolute atomic E-state index is 0.0993. The molecule has 1 aromatic heterocycles. The fraction of sp³-hybridized carbons (Fsp3) is 0.182. The molecule has 0 bridgehead atoms. The number of sulfonamides is 1. The molecule has 0 radical (unpaired) electrons. The number of hydrogen-bond donors (Lipinski definition) is 2. The van der Waals surface area contributed by atoms with Crippen molar-refractivity contribution in [3.05, 3.63) is 33.8 Å². The van der Waals surface area contributed by atoms with Gasteiger partial charge in [0.25, 0.3) is 10.0 Å². The predicted octanol–water partition coefficient (Wildman–Crippen LogP) is 2.80. The number of nitrogens with two attached hydrogens (primary N) is 1. The first-order valence-corrected chi connectivity index (χ1v) is 7.98. The van der Waals surface area contributed by atoms with Crippen molar-refractivity contribution in [2.75, 3.05) is 10.5 Å². The van der Waals surface area contributed by atoms with Gasteiger partial charge in [0.15, 0.2) is 5.13 Å². The topological polar surface area (TPSA) is 85.1 Å². The Morgan fingerprint density at radius 3 is 2.63 bits per heavy atom. The molecule has 0 amide bonds. The number of halogens is 1. The zero-order valence-electron chi connectivity index (χ0n) is 10.3. The van der Waals surface area contributed by atoms with E-state index in [1.807, 2.05) is 6.92 Å². The molecule has 0 unspecified atom stereocenters. The molecule has 2 rings (SSSR count). The highest BCUT2D eigenvalue weighted by Crippen LogP contribution is 2.28. The van der Waals surface area contributed by atoms with Gasteiger partial charge in [0.05, 0.1) is 15.6 Å². The van der Waals surface area contributed by atoms with Crippen LogP contribution in [0.2, 0.25) is 5.02 Å². The smallest absolute Gasteiger partial charge is 0.264 e. The second kappa shape index (κ2) is 4.99. The third-order valence-corrected chi connectivity index (χ3v) is 5.19. The molecule has 0 aliphatic rings. The van der Waals surface area contributed by atoms with Crippen molar-refractivity contribution in [3.63, 3.8) is 0 Å². The summed E-state index contributed by atoms with van der Waals surface area (Å²) in [6, 6.07) is 2.87. The molecule has 102 valence electrons. The molecule has 8 heteroatoms. The van der Waals surface area contributed by atoms with Gasteiger partial charge in [-0.15, -0.1) is 11.3 Å². The Morgan fingerprint density at radius 2 is 2.05 bits per heavy atom. The zero-order chi connectivity index (χ0) is 14.2. The molecule has 2 aromatic rings. The number of aromatic nitrogens is 1. The van der Waals surface area contributed by atoms with Crippen molar-refractivity contribution in [3.8, 4) is 0 Å². The molecule has 0 aliphatic carbocycles. The Balaban J connectivity index is 2.42. The second-order valence-corrected chi connectivity index (χ2v) is 7.31. The molecule has 0 fully saturated rings. The van der Waals surface area contributed by atoms with E-state index in [-0.39, 0.29) is 10.6 Å². The number of rotatable bonds is 3. The second-order valence-electron chi connectivity index (χ2n) is 4.02. The molecule has 1 heterocycles. The normalized spacial score (nSPS) is 11.5. The zero-order valence-corrected chi connectivity index (χ0v) is 12.7. The quantitative estimate of drug-likeness (QED) is 0.852. The van der Waals surface area contributed by atoms with E-state index in [1.165, 1.54) is 23.5 Å². The van der Waals surface area contributed by atoms with Crippen LogP contribution < -0.4 is 10.5 Å². The maximum Gasteiger partial charge on any atom is 0.264 e. The van der Waals surface area contributed by atoms with Crippen LogP contribution in [0, 0.1) is 13.8 Å². The molecular weight excluding hydrogens is 306 g/mol. The average Bonchev–Trinajstić information content (AvgIpc) is 2.68. The summed E-state index contributed by atoms with van der Waals surface area (Å²) in [5.74, 6) is 0. The summed E-state index contributed by atoms with van der Waals surface area (Å²) in [4.78, 5) is 4.99. The molecule has 0 saturated heterocycles. The largest absolute Gasteiger partial charge is 0.397 e. The van der Waals surface area contributed by atoms with Crippen LogP contribution in [0.3, 0.4) is 0 Å².